The first-order valence-corrected chi connectivity index (χ1v) is 11.2. The number of carbonyl (C=O) groups excluding carboxylic acids is 1. The van der Waals surface area contributed by atoms with Crippen LogP contribution in [-0.4, -0.2) is 39.9 Å². The third-order valence-corrected chi connectivity index (χ3v) is 5.90. The summed E-state index contributed by atoms with van der Waals surface area (Å²) in [5.74, 6) is 1.49. The van der Waals surface area contributed by atoms with Crippen molar-refractivity contribution in [2.24, 2.45) is 0 Å². The number of pyridine rings is 1. The highest BCUT2D eigenvalue weighted by atomic mass is 32.1. The Morgan fingerprint density at radius 3 is 2.67 bits per heavy atom. The van der Waals surface area contributed by atoms with Crippen molar-refractivity contribution in [3.05, 3.63) is 71.1 Å². The van der Waals surface area contributed by atoms with Crippen molar-refractivity contribution >= 4 is 17.3 Å². The number of nitrogens with zero attached hydrogens (tertiary/aromatic N) is 4. The first kappa shape index (κ1) is 22.5. The standard InChI is InChI=1S/C24H24N4O4S/c1-15(2)21-18(12-26-28(21)20-10-5-6-11-25-20)24(29)32-13-16-14-33-23(27-16)17-8-7-9-19(30-3)22(17)31-4/h5-12,14-15H,13H2,1-4H3. The van der Waals surface area contributed by atoms with Gasteiger partial charge in [0.25, 0.3) is 0 Å². The molecule has 3 heterocycles. The number of hydrogen-bond acceptors (Lipinski definition) is 8. The summed E-state index contributed by atoms with van der Waals surface area (Å²) in [4.78, 5) is 21.8. The van der Waals surface area contributed by atoms with E-state index < -0.39 is 5.97 Å². The second-order valence-corrected chi connectivity index (χ2v) is 8.32. The molecule has 8 nitrogen and oxygen atoms in total. The number of aromatic nitrogens is 4. The van der Waals surface area contributed by atoms with Crippen molar-refractivity contribution in [3.8, 4) is 27.9 Å². The molecule has 170 valence electrons. The first-order chi connectivity index (χ1) is 16.0. The van der Waals surface area contributed by atoms with Crippen molar-refractivity contribution in [2.75, 3.05) is 14.2 Å². The Balaban J connectivity index is 1.52. The average molecular weight is 465 g/mol. The molecule has 0 saturated heterocycles. The van der Waals surface area contributed by atoms with E-state index >= 15 is 0 Å². The van der Waals surface area contributed by atoms with Crippen LogP contribution >= 0.6 is 11.3 Å². The fourth-order valence-corrected chi connectivity index (χ4v) is 4.33. The highest BCUT2D eigenvalue weighted by Gasteiger charge is 2.23. The third kappa shape index (κ3) is 4.58. The normalized spacial score (nSPS) is 10.9. The van der Waals surface area contributed by atoms with Gasteiger partial charge >= 0.3 is 5.97 Å². The number of ether oxygens (including phenoxy) is 3. The van der Waals surface area contributed by atoms with Gasteiger partial charge in [-0.1, -0.05) is 26.0 Å². The predicted molar refractivity (Wildman–Crippen MR) is 125 cm³/mol. The summed E-state index contributed by atoms with van der Waals surface area (Å²) in [6.45, 7) is 4.05. The molecule has 0 spiro atoms. The van der Waals surface area contributed by atoms with Crippen molar-refractivity contribution in [3.63, 3.8) is 0 Å². The van der Waals surface area contributed by atoms with Crippen LogP contribution in [0.25, 0.3) is 16.4 Å². The minimum Gasteiger partial charge on any atom is -0.493 e. The van der Waals surface area contributed by atoms with Crippen LogP contribution in [0.3, 0.4) is 0 Å². The van der Waals surface area contributed by atoms with Gasteiger partial charge in [-0.2, -0.15) is 5.10 Å². The number of methoxy groups -OCH3 is 2. The van der Waals surface area contributed by atoms with Gasteiger partial charge in [0.05, 0.1) is 37.4 Å². The first-order valence-electron chi connectivity index (χ1n) is 10.4. The monoisotopic (exact) mass is 464 g/mol. The van der Waals surface area contributed by atoms with Gasteiger partial charge in [-0.3, -0.25) is 0 Å². The molecule has 0 aliphatic rings. The van der Waals surface area contributed by atoms with Crippen LogP contribution in [0.1, 0.15) is 41.5 Å². The Bertz CT molecular complexity index is 1250. The number of rotatable bonds is 8. The maximum absolute atomic E-state index is 12.9. The summed E-state index contributed by atoms with van der Waals surface area (Å²) in [6.07, 6.45) is 3.22. The Hall–Kier alpha value is -3.72. The van der Waals surface area contributed by atoms with E-state index in [2.05, 4.69) is 15.1 Å². The lowest BCUT2D eigenvalue weighted by atomic mass is 10.1. The number of para-hydroxylation sites is 1. The summed E-state index contributed by atoms with van der Waals surface area (Å²) in [6, 6.07) is 11.2. The molecular weight excluding hydrogens is 440 g/mol. The molecule has 0 radical (unpaired) electrons. The molecule has 0 aliphatic carbocycles. The molecule has 0 aliphatic heterocycles. The number of benzene rings is 1. The molecule has 3 aromatic heterocycles. The van der Waals surface area contributed by atoms with Gasteiger partial charge in [-0.05, 0) is 30.2 Å². The second kappa shape index (κ2) is 9.83. The molecular formula is C24H24N4O4S. The quantitative estimate of drug-likeness (QED) is 0.343. The van der Waals surface area contributed by atoms with Crippen LogP contribution in [0.2, 0.25) is 0 Å². The summed E-state index contributed by atoms with van der Waals surface area (Å²) in [5, 5.41) is 6.99. The molecule has 0 atom stereocenters. The average Bonchev–Trinajstić information content (AvgIpc) is 3.50. The Morgan fingerprint density at radius 2 is 1.97 bits per heavy atom. The third-order valence-electron chi connectivity index (χ3n) is 4.98. The lowest BCUT2D eigenvalue weighted by Crippen LogP contribution is -2.11. The lowest BCUT2D eigenvalue weighted by molar-refractivity contribution is 0.0466. The van der Waals surface area contributed by atoms with Gasteiger partial charge in [0.1, 0.15) is 17.2 Å². The number of esters is 1. The van der Waals surface area contributed by atoms with E-state index in [0.717, 1.165) is 16.3 Å². The number of carbonyl (C=O) groups is 1. The van der Waals surface area contributed by atoms with E-state index in [1.165, 1.54) is 17.5 Å². The van der Waals surface area contributed by atoms with E-state index in [1.54, 1.807) is 25.1 Å². The van der Waals surface area contributed by atoms with Crippen molar-refractivity contribution < 1.29 is 19.0 Å². The highest BCUT2D eigenvalue weighted by Crippen LogP contribution is 2.39. The van der Waals surface area contributed by atoms with Crippen molar-refractivity contribution in [1.29, 1.82) is 0 Å². The van der Waals surface area contributed by atoms with E-state index in [-0.39, 0.29) is 12.5 Å². The fraction of sp³-hybridized carbons (Fsp3) is 0.250. The number of thiazole rings is 1. The summed E-state index contributed by atoms with van der Waals surface area (Å²) in [7, 11) is 3.19. The van der Waals surface area contributed by atoms with Gasteiger partial charge in [0.2, 0.25) is 0 Å². The Labute approximate surface area is 195 Å². The van der Waals surface area contributed by atoms with E-state index in [9.17, 15) is 4.79 Å². The smallest absolute Gasteiger partial charge is 0.342 e. The molecule has 0 amide bonds. The minimum atomic E-state index is -0.450. The number of hydrogen-bond donors (Lipinski definition) is 0. The van der Waals surface area contributed by atoms with Crippen molar-refractivity contribution in [2.45, 2.75) is 26.4 Å². The summed E-state index contributed by atoms with van der Waals surface area (Å²) < 4.78 is 18.1. The Kier molecular flexibility index (Phi) is 6.69. The van der Waals surface area contributed by atoms with Crippen LogP contribution in [0.15, 0.2) is 54.2 Å². The fourth-order valence-electron chi connectivity index (χ4n) is 3.50. The Morgan fingerprint density at radius 1 is 1.12 bits per heavy atom. The molecule has 0 bridgehead atoms. The molecule has 33 heavy (non-hydrogen) atoms. The van der Waals surface area contributed by atoms with Gasteiger partial charge in [-0.25, -0.2) is 19.4 Å². The van der Waals surface area contributed by atoms with Crippen molar-refractivity contribution in [1.82, 2.24) is 19.7 Å². The molecule has 1 aromatic carbocycles. The van der Waals surface area contributed by atoms with Gasteiger partial charge in [-0.15, -0.1) is 11.3 Å². The zero-order chi connectivity index (χ0) is 23.4. The largest absolute Gasteiger partial charge is 0.493 e. The topological polar surface area (TPSA) is 88.4 Å². The zero-order valence-electron chi connectivity index (χ0n) is 18.8. The zero-order valence-corrected chi connectivity index (χ0v) is 19.6. The summed E-state index contributed by atoms with van der Waals surface area (Å²) >= 11 is 1.45. The van der Waals surface area contributed by atoms with E-state index in [4.69, 9.17) is 14.2 Å². The van der Waals surface area contributed by atoms with Crippen LogP contribution < -0.4 is 9.47 Å². The van der Waals surface area contributed by atoms with Crippen LogP contribution in [-0.2, 0) is 11.3 Å². The molecule has 0 fully saturated rings. The lowest BCUT2D eigenvalue weighted by Gasteiger charge is -2.11. The molecule has 4 aromatic rings. The van der Waals surface area contributed by atoms with Crippen LogP contribution in [0.4, 0.5) is 0 Å². The maximum atomic E-state index is 12.9. The molecule has 0 unspecified atom stereocenters. The van der Waals surface area contributed by atoms with Crippen LogP contribution in [0.5, 0.6) is 11.5 Å². The molecule has 9 heteroatoms. The summed E-state index contributed by atoms with van der Waals surface area (Å²) in [5.41, 5.74) is 2.63. The maximum Gasteiger partial charge on any atom is 0.342 e. The van der Waals surface area contributed by atoms with Gasteiger partial charge < -0.3 is 14.2 Å². The van der Waals surface area contributed by atoms with Gasteiger partial charge in [0.15, 0.2) is 17.3 Å². The van der Waals surface area contributed by atoms with Crippen LogP contribution in [0, 0.1) is 0 Å². The van der Waals surface area contributed by atoms with E-state index in [0.29, 0.717) is 28.6 Å². The highest BCUT2D eigenvalue weighted by molar-refractivity contribution is 7.13. The van der Waals surface area contributed by atoms with Gasteiger partial charge in [0, 0.05) is 11.6 Å². The SMILES string of the molecule is COc1cccc(-c2nc(COC(=O)c3cnn(-c4ccccn4)c3C(C)C)cs2)c1OC. The molecule has 4 rings (SSSR count). The molecule has 0 saturated carbocycles. The molecule has 0 N–H and O–H groups in total. The van der Waals surface area contributed by atoms with E-state index in [1.807, 2.05) is 55.6 Å². The predicted octanol–water partition coefficient (Wildman–Crippen LogP) is 4.89. The minimum absolute atomic E-state index is 0.0449. The second-order valence-electron chi connectivity index (χ2n) is 7.46.